The number of benzene rings is 2. The highest BCUT2D eigenvalue weighted by molar-refractivity contribution is 5.81. The van der Waals surface area contributed by atoms with Crippen LogP contribution >= 0.6 is 0 Å². The first-order valence-electron chi connectivity index (χ1n) is 10.5. The molecule has 0 aliphatic carbocycles. The molecule has 0 spiro atoms. The molecule has 3 atom stereocenters. The van der Waals surface area contributed by atoms with Crippen molar-refractivity contribution in [1.82, 2.24) is 15.5 Å². The number of carbonyl (C=O) groups excluding carboxylic acids is 2. The number of amides is 3. The summed E-state index contributed by atoms with van der Waals surface area (Å²) in [4.78, 5) is 27.6. The number of nitrogens with one attached hydrogen (secondary N) is 2. The molecule has 5 heteroatoms. The maximum absolute atomic E-state index is 13.1. The van der Waals surface area contributed by atoms with Gasteiger partial charge < -0.3 is 15.5 Å². The third kappa shape index (κ3) is 5.59. The van der Waals surface area contributed by atoms with E-state index in [-0.39, 0.29) is 29.9 Å². The third-order valence-corrected chi connectivity index (χ3v) is 5.69. The molecule has 1 aliphatic heterocycles. The van der Waals surface area contributed by atoms with Gasteiger partial charge >= 0.3 is 6.03 Å². The van der Waals surface area contributed by atoms with Crippen LogP contribution in [0.25, 0.3) is 0 Å². The molecule has 29 heavy (non-hydrogen) atoms. The van der Waals surface area contributed by atoms with Gasteiger partial charge in [-0.3, -0.25) is 4.79 Å². The number of likely N-dealkylation sites (tertiary alicyclic amines) is 1. The zero-order valence-electron chi connectivity index (χ0n) is 17.3. The van der Waals surface area contributed by atoms with E-state index in [9.17, 15) is 9.59 Å². The average molecular weight is 394 g/mol. The molecular weight excluding hydrogens is 362 g/mol. The van der Waals surface area contributed by atoms with Gasteiger partial charge in [-0.1, -0.05) is 67.6 Å². The van der Waals surface area contributed by atoms with Crippen molar-refractivity contribution < 1.29 is 9.59 Å². The first-order valence-corrected chi connectivity index (χ1v) is 10.5. The number of rotatable bonds is 6. The molecule has 0 unspecified atom stereocenters. The summed E-state index contributed by atoms with van der Waals surface area (Å²) in [7, 11) is 0. The Morgan fingerprint density at radius 2 is 1.69 bits per heavy atom. The van der Waals surface area contributed by atoms with Gasteiger partial charge in [-0.15, -0.1) is 0 Å². The molecule has 1 saturated heterocycles. The summed E-state index contributed by atoms with van der Waals surface area (Å²) in [6.45, 7) is 4.97. The largest absolute Gasteiger partial charge is 0.353 e. The summed E-state index contributed by atoms with van der Waals surface area (Å²) in [6, 6.07) is 20.0. The van der Waals surface area contributed by atoms with Gasteiger partial charge in [0.1, 0.15) is 0 Å². The van der Waals surface area contributed by atoms with E-state index in [1.807, 2.05) is 60.4 Å². The highest BCUT2D eigenvalue weighted by Gasteiger charge is 2.35. The lowest BCUT2D eigenvalue weighted by Gasteiger charge is -2.39. The molecule has 2 aromatic carbocycles. The Labute approximate surface area is 173 Å². The van der Waals surface area contributed by atoms with E-state index in [0.717, 1.165) is 30.4 Å². The second kappa shape index (κ2) is 10.1. The fourth-order valence-corrected chi connectivity index (χ4v) is 3.77. The molecule has 0 radical (unpaired) electrons. The van der Waals surface area contributed by atoms with Gasteiger partial charge in [0.05, 0.1) is 12.0 Å². The van der Waals surface area contributed by atoms with Crippen LogP contribution < -0.4 is 10.6 Å². The smallest absolute Gasteiger partial charge is 0.318 e. The highest BCUT2D eigenvalue weighted by Crippen LogP contribution is 2.33. The number of carbonyl (C=O) groups is 2. The fourth-order valence-electron chi connectivity index (χ4n) is 3.77. The number of hydrogen-bond acceptors (Lipinski definition) is 2. The maximum Gasteiger partial charge on any atom is 0.318 e. The lowest BCUT2D eigenvalue weighted by atomic mass is 9.88. The Balaban J connectivity index is 1.72. The SMILES string of the molecule is CC[C@H](C)NC(=O)[C@@H]1CC[C@H](c2ccccc2)N(C(=O)NCc2ccccc2)C1. The van der Waals surface area contributed by atoms with Gasteiger partial charge in [0.15, 0.2) is 0 Å². The molecule has 3 amide bonds. The Morgan fingerprint density at radius 3 is 2.34 bits per heavy atom. The average Bonchev–Trinajstić information content (AvgIpc) is 2.78. The van der Waals surface area contributed by atoms with E-state index >= 15 is 0 Å². The number of nitrogens with zero attached hydrogens (tertiary/aromatic N) is 1. The minimum absolute atomic E-state index is 0.0142. The van der Waals surface area contributed by atoms with Crippen molar-refractivity contribution in [2.75, 3.05) is 6.54 Å². The van der Waals surface area contributed by atoms with Crippen molar-refractivity contribution >= 4 is 11.9 Å². The van der Waals surface area contributed by atoms with Crippen LogP contribution in [0, 0.1) is 5.92 Å². The number of hydrogen-bond donors (Lipinski definition) is 2. The molecule has 3 rings (SSSR count). The summed E-state index contributed by atoms with van der Waals surface area (Å²) in [6.07, 6.45) is 2.46. The van der Waals surface area contributed by atoms with Crippen LogP contribution in [0.2, 0.25) is 0 Å². The summed E-state index contributed by atoms with van der Waals surface area (Å²) in [5, 5.41) is 6.11. The Kier molecular flexibility index (Phi) is 7.28. The van der Waals surface area contributed by atoms with Gasteiger partial charge in [0.25, 0.3) is 0 Å². The maximum atomic E-state index is 13.1. The van der Waals surface area contributed by atoms with Crippen LogP contribution in [-0.4, -0.2) is 29.4 Å². The lowest BCUT2D eigenvalue weighted by molar-refractivity contribution is -0.127. The van der Waals surface area contributed by atoms with Gasteiger partial charge in [0, 0.05) is 19.1 Å². The molecular formula is C24H31N3O2. The molecule has 154 valence electrons. The van der Waals surface area contributed by atoms with Crippen molar-refractivity contribution in [2.45, 2.75) is 51.7 Å². The Bertz CT molecular complexity index is 794. The number of piperidine rings is 1. The minimum atomic E-state index is -0.175. The van der Waals surface area contributed by atoms with Crippen LogP contribution in [0.15, 0.2) is 60.7 Å². The Hall–Kier alpha value is -2.82. The van der Waals surface area contributed by atoms with Crippen LogP contribution in [-0.2, 0) is 11.3 Å². The van der Waals surface area contributed by atoms with Gasteiger partial charge in [-0.05, 0) is 37.3 Å². The molecule has 0 aromatic heterocycles. The van der Waals surface area contributed by atoms with Gasteiger partial charge in [0.2, 0.25) is 5.91 Å². The molecule has 0 bridgehead atoms. The lowest BCUT2D eigenvalue weighted by Crippen LogP contribution is -2.50. The molecule has 2 N–H and O–H groups in total. The summed E-state index contributed by atoms with van der Waals surface area (Å²) in [5.74, 6) is -0.127. The zero-order valence-corrected chi connectivity index (χ0v) is 17.3. The topological polar surface area (TPSA) is 61.4 Å². The van der Waals surface area contributed by atoms with Gasteiger partial charge in [-0.25, -0.2) is 4.79 Å². The van der Waals surface area contributed by atoms with E-state index in [2.05, 4.69) is 29.7 Å². The third-order valence-electron chi connectivity index (χ3n) is 5.69. The quantitative estimate of drug-likeness (QED) is 0.770. The van der Waals surface area contributed by atoms with Crippen LogP contribution in [0.5, 0.6) is 0 Å². The summed E-state index contributed by atoms with van der Waals surface area (Å²) >= 11 is 0. The first kappa shape index (κ1) is 20.9. The first-order chi connectivity index (χ1) is 14.1. The minimum Gasteiger partial charge on any atom is -0.353 e. The standard InChI is InChI=1S/C24H31N3O2/c1-3-18(2)26-23(28)21-14-15-22(20-12-8-5-9-13-20)27(17-21)24(29)25-16-19-10-6-4-7-11-19/h4-13,18,21-22H,3,14-17H2,1-2H3,(H,25,29)(H,26,28)/t18-,21+,22+/m0/s1. The van der Waals surface area contributed by atoms with Crippen molar-refractivity contribution in [2.24, 2.45) is 5.92 Å². The van der Waals surface area contributed by atoms with E-state index < -0.39 is 0 Å². The highest BCUT2D eigenvalue weighted by atomic mass is 16.2. The molecule has 0 saturated carbocycles. The van der Waals surface area contributed by atoms with E-state index in [1.54, 1.807) is 0 Å². The van der Waals surface area contributed by atoms with E-state index in [4.69, 9.17) is 0 Å². The van der Waals surface area contributed by atoms with Crippen LogP contribution in [0.1, 0.15) is 50.3 Å². The van der Waals surface area contributed by atoms with Gasteiger partial charge in [-0.2, -0.15) is 0 Å². The summed E-state index contributed by atoms with van der Waals surface area (Å²) < 4.78 is 0. The number of urea groups is 1. The van der Waals surface area contributed by atoms with Crippen LogP contribution in [0.4, 0.5) is 4.79 Å². The predicted octanol–water partition coefficient (Wildman–Crippen LogP) is 4.26. The normalized spacial score (nSPS) is 20.0. The molecule has 1 heterocycles. The summed E-state index contributed by atoms with van der Waals surface area (Å²) in [5.41, 5.74) is 2.17. The Morgan fingerprint density at radius 1 is 1.03 bits per heavy atom. The van der Waals surface area contributed by atoms with Crippen molar-refractivity contribution in [3.05, 3.63) is 71.8 Å². The van der Waals surface area contributed by atoms with Crippen molar-refractivity contribution in [3.63, 3.8) is 0 Å². The zero-order chi connectivity index (χ0) is 20.6. The molecule has 1 fully saturated rings. The molecule has 2 aromatic rings. The predicted molar refractivity (Wildman–Crippen MR) is 115 cm³/mol. The van der Waals surface area contributed by atoms with Crippen molar-refractivity contribution in [1.29, 1.82) is 0 Å². The van der Waals surface area contributed by atoms with E-state index in [0.29, 0.717) is 13.1 Å². The monoisotopic (exact) mass is 393 g/mol. The fraction of sp³-hybridized carbons (Fsp3) is 0.417. The second-order valence-electron chi connectivity index (χ2n) is 7.82. The van der Waals surface area contributed by atoms with Crippen LogP contribution in [0.3, 0.4) is 0 Å². The molecule has 1 aliphatic rings. The van der Waals surface area contributed by atoms with Crippen molar-refractivity contribution in [3.8, 4) is 0 Å². The second-order valence-corrected chi connectivity index (χ2v) is 7.82. The van der Waals surface area contributed by atoms with E-state index in [1.165, 1.54) is 0 Å². The molecule has 5 nitrogen and oxygen atoms in total.